The molecule has 2 aromatic heterocycles. The lowest BCUT2D eigenvalue weighted by molar-refractivity contribution is -0.125. The van der Waals surface area contributed by atoms with Crippen LogP contribution in [0.5, 0.6) is 5.75 Å². The van der Waals surface area contributed by atoms with Gasteiger partial charge in [0.2, 0.25) is 5.91 Å². The van der Waals surface area contributed by atoms with Gasteiger partial charge in [-0.05, 0) is 41.5 Å². The van der Waals surface area contributed by atoms with Gasteiger partial charge in [-0.25, -0.2) is 0 Å². The van der Waals surface area contributed by atoms with Crippen LogP contribution in [0.25, 0.3) is 0 Å². The number of ether oxygens (including phenoxy) is 1. The molecule has 1 aliphatic heterocycles. The molecule has 0 spiro atoms. The zero-order valence-electron chi connectivity index (χ0n) is 16.7. The van der Waals surface area contributed by atoms with Crippen LogP contribution in [0.1, 0.15) is 27.6 Å². The fourth-order valence-electron chi connectivity index (χ4n) is 3.82. The quantitative estimate of drug-likeness (QED) is 0.682. The van der Waals surface area contributed by atoms with Crippen LogP contribution in [0.4, 0.5) is 0 Å². The number of pyridine rings is 1. The summed E-state index contributed by atoms with van der Waals surface area (Å²) in [7, 11) is 1.61. The maximum Gasteiger partial charge on any atom is 0.289 e. The molecule has 0 bridgehead atoms. The van der Waals surface area contributed by atoms with Crippen molar-refractivity contribution in [2.75, 3.05) is 20.2 Å². The summed E-state index contributed by atoms with van der Waals surface area (Å²) in [5.41, 5.74) is 1.89. The van der Waals surface area contributed by atoms with Gasteiger partial charge in [-0.2, -0.15) is 0 Å². The van der Waals surface area contributed by atoms with E-state index in [2.05, 4.69) is 10.3 Å². The fourth-order valence-corrected chi connectivity index (χ4v) is 3.82. The smallest absolute Gasteiger partial charge is 0.289 e. The van der Waals surface area contributed by atoms with Crippen molar-refractivity contribution in [1.82, 2.24) is 15.2 Å². The van der Waals surface area contributed by atoms with Gasteiger partial charge in [-0.3, -0.25) is 14.6 Å². The Morgan fingerprint density at radius 1 is 1.20 bits per heavy atom. The third-order valence-electron chi connectivity index (χ3n) is 5.39. The maximum atomic E-state index is 13.1. The van der Waals surface area contributed by atoms with Gasteiger partial charge in [0.1, 0.15) is 5.75 Å². The lowest BCUT2D eigenvalue weighted by Crippen LogP contribution is -2.35. The predicted molar refractivity (Wildman–Crippen MR) is 110 cm³/mol. The van der Waals surface area contributed by atoms with E-state index in [1.165, 1.54) is 6.26 Å². The Bertz CT molecular complexity index is 1000. The van der Waals surface area contributed by atoms with Gasteiger partial charge < -0.3 is 19.4 Å². The minimum absolute atomic E-state index is 0.0959. The zero-order valence-corrected chi connectivity index (χ0v) is 16.7. The van der Waals surface area contributed by atoms with Crippen molar-refractivity contribution in [1.29, 1.82) is 0 Å². The van der Waals surface area contributed by atoms with Gasteiger partial charge in [0, 0.05) is 37.9 Å². The molecule has 1 fully saturated rings. The van der Waals surface area contributed by atoms with Crippen molar-refractivity contribution in [3.8, 4) is 5.75 Å². The number of carbonyl (C=O) groups is 2. The maximum absolute atomic E-state index is 13.1. The number of hydrogen-bond donors (Lipinski definition) is 1. The Hall–Kier alpha value is -3.61. The number of rotatable bonds is 6. The minimum atomic E-state index is -0.382. The summed E-state index contributed by atoms with van der Waals surface area (Å²) in [4.78, 5) is 31.7. The second kappa shape index (κ2) is 8.82. The van der Waals surface area contributed by atoms with Crippen LogP contribution in [0.15, 0.2) is 71.6 Å². The summed E-state index contributed by atoms with van der Waals surface area (Å²) in [5, 5.41) is 2.99. The molecule has 0 aliphatic carbocycles. The third kappa shape index (κ3) is 4.20. The second-order valence-corrected chi connectivity index (χ2v) is 7.26. The summed E-state index contributed by atoms with van der Waals surface area (Å²) < 4.78 is 10.6. The number of hydrogen-bond acceptors (Lipinski definition) is 5. The van der Waals surface area contributed by atoms with E-state index in [-0.39, 0.29) is 29.4 Å². The molecule has 2 atom stereocenters. The molecule has 3 aromatic rings. The van der Waals surface area contributed by atoms with Gasteiger partial charge in [0.15, 0.2) is 5.76 Å². The molecule has 1 saturated heterocycles. The second-order valence-electron chi connectivity index (χ2n) is 7.26. The number of furan rings is 1. The molecule has 2 amide bonds. The lowest BCUT2D eigenvalue weighted by Gasteiger charge is -2.18. The highest BCUT2D eigenvalue weighted by molar-refractivity contribution is 5.92. The third-order valence-corrected chi connectivity index (χ3v) is 5.39. The number of amides is 2. The van der Waals surface area contributed by atoms with Gasteiger partial charge in [-0.15, -0.1) is 0 Å². The molecule has 154 valence electrons. The first-order valence-electron chi connectivity index (χ1n) is 9.79. The lowest BCUT2D eigenvalue weighted by atomic mass is 9.88. The molecular weight excluding hydrogens is 382 g/mol. The minimum Gasteiger partial charge on any atom is -0.497 e. The molecule has 7 nitrogen and oxygen atoms in total. The molecule has 1 N–H and O–H groups in total. The average Bonchev–Trinajstić information content (AvgIpc) is 3.48. The van der Waals surface area contributed by atoms with Crippen molar-refractivity contribution in [3.63, 3.8) is 0 Å². The number of nitrogens with zero attached hydrogens (tertiary/aromatic N) is 2. The summed E-state index contributed by atoms with van der Waals surface area (Å²) in [5.74, 6) is 0.158. The predicted octanol–water partition coefficient (Wildman–Crippen LogP) is 2.86. The molecule has 0 saturated carbocycles. The van der Waals surface area contributed by atoms with E-state index < -0.39 is 0 Å². The van der Waals surface area contributed by atoms with Gasteiger partial charge in [-0.1, -0.05) is 18.2 Å². The first-order chi connectivity index (χ1) is 14.7. The summed E-state index contributed by atoms with van der Waals surface area (Å²) in [6.45, 7) is 1.14. The highest BCUT2D eigenvalue weighted by atomic mass is 16.5. The van der Waals surface area contributed by atoms with Crippen molar-refractivity contribution in [3.05, 3.63) is 84.1 Å². The molecule has 1 aromatic carbocycles. The average molecular weight is 405 g/mol. The molecule has 2 unspecified atom stereocenters. The highest BCUT2D eigenvalue weighted by Crippen LogP contribution is 2.35. The van der Waals surface area contributed by atoms with Crippen LogP contribution in [-0.2, 0) is 11.3 Å². The van der Waals surface area contributed by atoms with E-state index in [9.17, 15) is 9.59 Å². The monoisotopic (exact) mass is 405 g/mol. The Morgan fingerprint density at radius 3 is 2.83 bits per heavy atom. The molecule has 3 heterocycles. The Balaban J connectivity index is 1.55. The van der Waals surface area contributed by atoms with Crippen LogP contribution >= 0.6 is 0 Å². The summed E-state index contributed by atoms with van der Waals surface area (Å²) in [6.07, 6.45) is 4.89. The molecule has 30 heavy (non-hydrogen) atoms. The Kier molecular flexibility index (Phi) is 5.79. The standard InChI is InChI=1S/C23H23N3O4/c1-29-18-7-2-6-17(11-18)19-14-26(23(28)21-8-4-10-30-21)15-20(19)22(27)25-13-16-5-3-9-24-12-16/h2-12,19-20H,13-15H2,1H3,(H,25,27). The number of carbonyl (C=O) groups excluding carboxylic acids is 2. The first-order valence-corrected chi connectivity index (χ1v) is 9.79. The van der Waals surface area contributed by atoms with Crippen molar-refractivity contribution >= 4 is 11.8 Å². The zero-order chi connectivity index (χ0) is 20.9. The van der Waals surface area contributed by atoms with Crippen LogP contribution in [-0.4, -0.2) is 41.9 Å². The number of methoxy groups -OCH3 is 1. The number of likely N-dealkylation sites (tertiary alicyclic amines) is 1. The van der Waals surface area contributed by atoms with Crippen LogP contribution < -0.4 is 10.1 Å². The van der Waals surface area contributed by atoms with E-state index in [0.717, 1.165) is 16.9 Å². The number of aromatic nitrogens is 1. The molecule has 7 heteroatoms. The summed E-state index contributed by atoms with van der Waals surface area (Å²) in [6, 6.07) is 14.7. The van der Waals surface area contributed by atoms with Crippen LogP contribution in [0.3, 0.4) is 0 Å². The normalized spacial score (nSPS) is 18.2. The van der Waals surface area contributed by atoms with Crippen molar-refractivity contribution < 1.29 is 18.7 Å². The van der Waals surface area contributed by atoms with E-state index in [1.807, 2.05) is 36.4 Å². The van der Waals surface area contributed by atoms with Crippen molar-refractivity contribution in [2.45, 2.75) is 12.5 Å². The van der Waals surface area contributed by atoms with Crippen LogP contribution in [0.2, 0.25) is 0 Å². The van der Waals surface area contributed by atoms with Gasteiger partial charge in [0.25, 0.3) is 5.91 Å². The Labute approximate surface area is 174 Å². The Morgan fingerprint density at radius 2 is 2.10 bits per heavy atom. The fraction of sp³-hybridized carbons (Fsp3) is 0.261. The molecule has 0 radical (unpaired) electrons. The molecule has 1 aliphatic rings. The molecule has 4 rings (SSSR count). The van der Waals surface area contributed by atoms with Crippen LogP contribution in [0, 0.1) is 5.92 Å². The van der Waals surface area contributed by atoms with E-state index in [1.54, 1.807) is 36.5 Å². The van der Waals surface area contributed by atoms with Crippen molar-refractivity contribution in [2.24, 2.45) is 5.92 Å². The topological polar surface area (TPSA) is 84.7 Å². The summed E-state index contributed by atoms with van der Waals surface area (Å²) >= 11 is 0. The number of nitrogens with one attached hydrogen (secondary N) is 1. The molecular formula is C23H23N3O4. The van der Waals surface area contributed by atoms with Gasteiger partial charge in [0.05, 0.1) is 19.3 Å². The largest absolute Gasteiger partial charge is 0.497 e. The number of benzene rings is 1. The van der Waals surface area contributed by atoms with Gasteiger partial charge >= 0.3 is 0 Å². The first kappa shape index (κ1) is 19.7. The van der Waals surface area contributed by atoms with E-state index in [0.29, 0.717) is 19.6 Å². The SMILES string of the molecule is COc1cccc(C2CN(C(=O)c3ccco3)CC2C(=O)NCc2cccnc2)c1. The highest BCUT2D eigenvalue weighted by Gasteiger charge is 2.41. The van der Waals surface area contributed by atoms with E-state index >= 15 is 0 Å². The van der Waals surface area contributed by atoms with E-state index in [4.69, 9.17) is 9.15 Å².